The molecule has 0 aromatic rings. The Morgan fingerprint density at radius 2 is 1.80 bits per heavy atom. The summed E-state index contributed by atoms with van der Waals surface area (Å²) < 4.78 is 0. The van der Waals surface area contributed by atoms with Gasteiger partial charge in [-0.3, -0.25) is 9.69 Å². The number of carbonyl (C=O) groups excluding carboxylic acids is 1. The van der Waals surface area contributed by atoms with Crippen LogP contribution in [-0.2, 0) is 4.79 Å². The van der Waals surface area contributed by atoms with Gasteiger partial charge in [0.2, 0.25) is 0 Å². The van der Waals surface area contributed by atoms with Crippen LogP contribution in [0.4, 0.5) is 4.79 Å². The van der Waals surface area contributed by atoms with E-state index in [-0.39, 0.29) is 12.6 Å². The summed E-state index contributed by atoms with van der Waals surface area (Å²) in [5, 5.41) is 12.0. The molecule has 1 heterocycles. The highest BCUT2D eigenvalue weighted by molar-refractivity contribution is 5.78. The molecule has 1 rings (SSSR count). The van der Waals surface area contributed by atoms with E-state index in [2.05, 4.69) is 31.1 Å². The Kier molecular flexibility index (Phi) is 5.39. The predicted molar refractivity (Wildman–Crippen MR) is 77.7 cm³/mol. The van der Waals surface area contributed by atoms with E-state index in [1.54, 1.807) is 11.8 Å². The fourth-order valence-electron chi connectivity index (χ4n) is 2.30. The molecule has 0 radical (unpaired) electrons. The van der Waals surface area contributed by atoms with Crippen molar-refractivity contribution in [3.8, 4) is 0 Å². The first-order chi connectivity index (χ1) is 9.21. The molecule has 1 aliphatic rings. The van der Waals surface area contributed by atoms with Gasteiger partial charge in [-0.2, -0.15) is 0 Å². The number of amides is 2. The van der Waals surface area contributed by atoms with E-state index >= 15 is 0 Å². The Morgan fingerprint density at radius 1 is 1.30 bits per heavy atom. The second kappa shape index (κ2) is 6.43. The topological polar surface area (TPSA) is 72.9 Å². The fraction of sp³-hybridized carbons (Fsp3) is 0.857. The summed E-state index contributed by atoms with van der Waals surface area (Å²) in [5.74, 6) is -0.875. The first kappa shape index (κ1) is 16.8. The van der Waals surface area contributed by atoms with Crippen LogP contribution in [-0.4, -0.2) is 65.7 Å². The largest absolute Gasteiger partial charge is 0.481 e. The molecule has 3 unspecified atom stereocenters. The van der Waals surface area contributed by atoms with Crippen LogP contribution in [0.25, 0.3) is 0 Å². The number of piperazine rings is 1. The van der Waals surface area contributed by atoms with E-state index in [0.717, 1.165) is 0 Å². The lowest BCUT2D eigenvalue weighted by Gasteiger charge is -2.42. The number of nitrogens with zero attached hydrogens (tertiary/aromatic N) is 2. The van der Waals surface area contributed by atoms with Gasteiger partial charge in [-0.15, -0.1) is 0 Å². The highest BCUT2D eigenvalue weighted by Gasteiger charge is 2.34. The lowest BCUT2D eigenvalue weighted by Crippen LogP contribution is -2.59. The summed E-state index contributed by atoms with van der Waals surface area (Å²) in [7, 11) is 2.06. The van der Waals surface area contributed by atoms with Gasteiger partial charge in [-0.1, -0.05) is 6.92 Å². The van der Waals surface area contributed by atoms with E-state index in [0.29, 0.717) is 31.6 Å². The molecular formula is C14H27N3O3. The number of hydrogen-bond acceptors (Lipinski definition) is 3. The molecule has 2 N–H and O–H groups in total. The van der Waals surface area contributed by atoms with Gasteiger partial charge in [-0.05, 0) is 34.2 Å². The van der Waals surface area contributed by atoms with Crippen molar-refractivity contribution in [2.75, 3.05) is 26.7 Å². The molecule has 0 aromatic heterocycles. The van der Waals surface area contributed by atoms with Crippen molar-refractivity contribution in [1.29, 1.82) is 0 Å². The zero-order valence-corrected chi connectivity index (χ0v) is 13.1. The van der Waals surface area contributed by atoms with E-state index < -0.39 is 11.4 Å². The minimum atomic E-state index is -0.903. The SMILES string of the molecule is CCC(C)(CNC(=O)N1CC(C)N(C)C(C)C1)C(=O)O. The van der Waals surface area contributed by atoms with Gasteiger partial charge < -0.3 is 15.3 Å². The van der Waals surface area contributed by atoms with Gasteiger partial charge in [0.15, 0.2) is 0 Å². The number of likely N-dealkylation sites (N-methyl/N-ethyl adjacent to an activating group) is 1. The molecule has 0 saturated carbocycles. The van der Waals surface area contributed by atoms with Gasteiger partial charge in [0.1, 0.15) is 0 Å². The summed E-state index contributed by atoms with van der Waals surface area (Å²) in [5.41, 5.74) is -0.903. The molecule has 1 aliphatic heterocycles. The number of urea groups is 1. The number of carboxylic acid groups (broad SMARTS) is 1. The van der Waals surface area contributed by atoms with Crippen molar-refractivity contribution in [3.05, 3.63) is 0 Å². The van der Waals surface area contributed by atoms with Crippen LogP contribution >= 0.6 is 0 Å². The fourth-order valence-corrected chi connectivity index (χ4v) is 2.30. The standard InChI is InChI=1S/C14H27N3O3/c1-6-14(4,12(18)19)9-15-13(20)17-7-10(2)16(5)11(3)8-17/h10-11H,6-9H2,1-5H3,(H,15,20)(H,18,19). The van der Waals surface area contributed by atoms with Gasteiger partial charge in [0, 0.05) is 31.7 Å². The Hall–Kier alpha value is -1.30. The molecule has 6 nitrogen and oxygen atoms in total. The molecule has 1 fully saturated rings. The molecule has 0 spiro atoms. The smallest absolute Gasteiger partial charge is 0.317 e. The Bertz CT molecular complexity index is 363. The van der Waals surface area contributed by atoms with E-state index in [4.69, 9.17) is 0 Å². The maximum absolute atomic E-state index is 12.2. The third-order valence-corrected chi connectivity index (χ3v) is 4.57. The summed E-state index contributed by atoms with van der Waals surface area (Å²) in [4.78, 5) is 27.4. The van der Waals surface area contributed by atoms with Crippen molar-refractivity contribution in [1.82, 2.24) is 15.1 Å². The molecule has 3 atom stereocenters. The van der Waals surface area contributed by atoms with E-state index in [1.165, 1.54) is 0 Å². The minimum Gasteiger partial charge on any atom is -0.481 e. The van der Waals surface area contributed by atoms with Crippen LogP contribution in [0.1, 0.15) is 34.1 Å². The van der Waals surface area contributed by atoms with Gasteiger partial charge in [-0.25, -0.2) is 4.79 Å². The second-order valence-corrected chi connectivity index (χ2v) is 6.15. The normalized spacial score (nSPS) is 26.9. The molecule has 0 aliphatic carbocycles. The Morgan fingerprint density at radius 3 is 2.20 bits per heavy atom. The number of nitrogens with one attached hydrogen (secondary N) is 1. The van der Waals surface area contributed by atoms with Crippen molar-refractivity contribution < 1.29 is 14.7 Å². The molecule has 2 amide bonds. The maximum atomic E-state index is 12.2. The number of rotatable bonds is 4. The minimum absolute atomic E-state index is 0.159. The van der Waals surface area contributed by atoms with Gasteiger partial charge in [0.25, 0.3) is 0 Å². The average Bonchev–Trinajstić information content (AvgIpc) is 2.40. The average molecular weight is 285 g/mol. The zero-order chi connectivity index (χ0) is 15.5. The Balaban J connectivity index is 2.57. The second-order valence-electron chi connectivity index (χ2n) is 6.15. The van der Waals surface area contributed by atoms with Crippen molar-refractivity contribution >= 4 is 12.0 Å². The van der Waals surface area contributed by atoms with Crippen molar-refractivity contribution in [3.63, 3.8) is 0 Å². The van der Waals surface area contributed by atoms with Crippen LogP contribution in [0.2, 0.25) is 0 Å². The molecule has 1 saturated heterocycles. The maximum Gasteiger partial charge on any atom is 0.317 e. The summed E-state index contributed by atoms with van der Waals surface area (Å²) >= 11 is 0. The number of carboxylic acids is 1. The van der Waals surface area contributed by atoms with E-state index in [9.17, 15) is 14.7 Å². The lowest BCUT2D eigenvalue weighted by molar-refractivity contribution is -0.147. The quantitative estimate of drug-likeness (QED) is 0.814. The van der Waals surface area contributed by atoms with Crippen molar-refractivity contribution in [2.24, 2.45) is 5.41 Å². The third-order valence-electron chi connectivity index (χ3n) is 4.57. The monoisotopic (exact) mass is 285 g/mol. The highest BCUT2D eigenvalue weighted by atomic mass is 16.4. The summed E-state index contributed by atoms with van der Waals surface area (Å²) in [6.07, 6.45) is 0.484. The van der Waals surface area contributed by atoms with E-state index in [1.807, 2.05) is 6.92 Å². The van der Waals surface area contributed by atoms with Crippen LogP contribution in [0.3, 0.4) is 0 Å². The molecular weight excluding hydrogens is 258 g/mol. The first-order valence-electron chi connectivity index (χ1n) is 7.19. The summed E-state index contributed by atoms with van der Waals surface area (Å²) in [6.45, 7) is 9.15. The van der Waals surface area contributed by atoms with Crippen LogP contribution in [0.5, 0.6) is 0 Å². The third kappa shape index (κ3) is 3.62. The number of aliphatic carboxylic acids is 1. The molecule has 0 aromatic carbocycles. The molecule has 20 heavy (non-hydrogen) atoms. The molecule has 6 heteroatoms. The zero-order valence-electron chi connectivity index (χ0n) is 13.1. The van der Waals surface area contributed by atoms with Gasteiger partial charge >= 0.3 is 12.0 Å². The highest BCUT2D eigenvalue weighted by Crippen LogP contribution is 2.20. The predicted octanol–water partition coefficient (Wildman–Crippen LogP) is 1.22. The number of carbonyl (C=O) groups is 2. The first-order valence-corrected chi connectivity index (χ1v) is 7.19. The van der Waals surface area contributed by atoms with Gasteiger partial charge in [0.05, 0.1) is 5.41 Å². The molecule has 0 bridgehead atoms. The molecule has 116 valence electrons. The van der Waals surface area contributed by atoms with Crippen molar-refractivity contribution in [2.45, 2.75) is 46.2 Å². The number of hydrogen-bond donors (Lipinski definition) is 2. The summed E-state index contributed by atoms with van der Waals surface area (Å²) in [6, 6.07) is 0.445. The van der Waals surface area contributed by atoms with Crippen LogP contribution < -0.4 is 5.32 Å². The van der Waals surface area contributed by atoms with Crippen LogP contribution in [0.15, 0.2) is 0 Å². The van der Waals surface area contributed by atoms with Crippen LogP contribution in [0, 0.1) is 5.41 Å². The Labute approximate surface area is 121 Å². The lowest BCUT2D eigenvalue weighted by atomic mass is 9.88.